The standard InChI is InChI=1S/C11H13BrO/c1-11(6-7-13-8-11)9-2-4-10(12)5-3-9/h2-5H,6-8H2,1H3. The van der Waals surface area contributed by atoms with Gasteiger partial charge in [0.1, 0.15) is 0 Å². The third kappa shape index (κ3) is 1.79. The van der Waals surface area contributed by atoms with E-state index < -0.39 is 0 Å². The van der Waals surface area contributed by atoms with Gasteiger partial charge in [-0.3, -0.25) is 0 Å². The monoisotopic (exact) mass is 240 g/mol. The average molecular weight is 241 g/mol. The molecule has 1 aromatic rings. The molecule has 1 nitrogen and oxygen atoms in total. The molecule has 2 rings (SSSR count). The summed E-state index contributed by atoms with van der Waals surface area (Å²) < 4.78 is 6.57. The second-order valence-corrected chi connectivity index (χ2v) is 4.79. The first kappa shape index (κ1) is 9.22. The lowest BCUT2D eigenvalue weighted by atomic mass is 9.82. The fraction of sp³-hybridized carbons (Fsp3) is 0.455. The van der Waals surface area contributed by atoms with E-state index in [-0.39, 0.29) is 5.41 Å². The maximum Gasteiger partial charge on any atom is 0.0561 e. The van der Waals surface area contributed by atoms with Gasteiger partial charge in [0.2, 0.25) is 0 Å². The van der Waals surface area contributed by atoms with Gasteiger partial charge in [0.15, 0.2) is 0 Å². The highest BCUT2D eigenvalue weighted by molar-refractivity contribution is 9.10. The van der Waals surface area contributed by atoms with Crippen molar-refractivity contribution in [3.05, 3.63) is 34.3 Å². The molecule has 13 heavy (non-hydrogen) atoms. The molecule has 0 N–H and O–H groups in total. The first-order chi connectivity index (χ1) is 6.21. The second-order valence-electron chi connectivity index (χ2n) is 3.87. The van der Waals surface area contributed by atoms with Crippen LogP contribution in [-0.4, -0.2) is 13.2 Å². The quantitative estimate of drug-likeness (QED) is 0.733. The predicted molar refractivity (Wildman–Crippen MR) is 56.9 cm³/mol. The van der Waals surface area contributed by atoms with E-state index in [4.69, 9.17) is 4.74 Å². The van der Waals surface area contributed by atoms with Gasteiger partial charge in [0.25, 0.3) is 0 Å². The molecule has 0 aromatic heterocycles. The molecule has 2 heteroatoms. The Morgan fingerprint density at radius 1 is 1.31 bits per heavy atom. The van der Waals surface area contributed by atoms with Crippen molar-refractivity contribution in [2.45, 2.75) is 18.8 Å². The number of ether oxygens (including phenoxy) is 1. The van der Waals surface area contributed by atoms with Crippen molar-refractivity contribution in [3.8, 4) is 0 Å². The molecular weight excluding hydrogens is 228 g/mol. The van der Waals surface area contributed by atoms with Crippen molar-refractivity contribution in [2.75, 3.05) is 13.2 Å². The van der Waals surface area contributed by atoms with Crippen molar-refractivity contribution in [1.29, 1.82) is 0 Å². The summed E-state index contributed by atoms with van der Waals surface area (Å²) in [6, 6.07) is 8.55. The van der Waals surface area contributed by atoms with Crippen molar-refractivity contribution in [3.63, 3.8) is 0 Å². The fourth-order valence-electron chi connectivity index (χ4n) is 1.75. The molecular formula is C11H13BrO. The minimum absolute atomic E-state index is 0.237. The lowest BCUT2D eigenvalue weighted by molar-refractivity contribution is 0.181. The number of rotatable bonds is 1. The van der Waals surface area contributed by atoms with Gasteiger partial charge in [-0.2, -0.15) is 0 Å². The lowest BCUT2D eigenvalue weighted by Crippen LogP contribution is -2.21. The average Bonchev–Trinajstić information content (AvgIpc) is 2.54. The molecule has 0 radical (unpaired) electrons. The summed E-state index contributed by atoms with van der Waals surface area (Å²) in [6.45, 7) is 4.02. The van der Waals surface area contributed by atoms with E-state index in [0.29, 0.717) is 0 Å². The van der Waals surface area contributed by atoms with Gasteiger partial charge in [-0.1, -0.05) is 35.0 Å². The van der Waals surface area contributed by atoms with Crippen molar-refractivity contribution < 1.29 is 4.74 Å². The van der Waals surface area contributed by atoms with Crippen molar-refractivity contribution in [1.82, 2.24) is 0 Å². The van der Waals surface area contributed by atoms with Gasteiger partial charge in [-0.15, -0.1) is 0 Å². The molecule has 1 heterocycles. The third-order valence-corrected chi connectivity index (χ3v) is 3.29. The molecule has 1 aromatic carbocycles. The maximum atomic E-state index is 5.43. The van der Waals surface area contributed by atoms with Gasteiger partial charge in [-0.05, 0) is 24.1 Å². The summed E-state index contributed by atoms with van der Waals surface area (Å²) in [5.74, 6) is 0. The fourth-order valence-corrected chi connectivity index (χ4v) is 2.01. The summed E-state index contributed by atoms with van der Waals surface area (Å²) in [5, 5.41) is 0. The Hall–Kier alpha value is -0.340. The number of halogens is 1. The molecule has 0 spiro atoms. The second kappa shape index (κ2) is 3.43. The van der Waals surface area contributed by atoms with Crippen LogP contribution in [0.3, 0.4) is 0 Å². The van der Waals surface area contributed by atoms with Crippen LogP contribution in [0.1, 0.15) is 18.9 Å². The maximum absolute atomic E-state index is 5.43. The number of hydrogen-bond donors (Lipinski definition) is 0. The Morgan fingerprint density at radius 3 is 2.54 bits per heavy atom. The molecule has 0 aliphatic carbocycles. The Bertz CT molecular complexity index is 285. The highest BCUT2D eigenvalue weighted by atomic mass is 79.9. The Morgan fingerprint density at radius 2 is 2.00 bits per heavy atom. The van der Waals surface area contributed by atoms with E-state index in [0.717, 1.165) is 24.1 Å². The van der Waals surface area contributed by atoms with Crippen molar-refractivity contribution >= 4 is 15.9 Å². The normalized spacial score (nSPS) is 27.8. The van der Waals surface area contributed by atoms with E-state index in [2.05, 4.69) is 47.1 Å². The zero-order chi connectivity index (χ0) is 9.31. The summed E-state index contributed by atoms with van der Waals surface area (Å²) in [6.07, 6.45) is 1.13. The molecule has 0 bridgehead atoms. The number of hydrogen-bond acceptors (Lipinski definition) is 1. The van der Waals surface area contributed by atoms with Crippen LogP contribution in [-0.2, 0) is 10.2 Å². The zero-order valence-corrected chi connectivity index (χ0v) is 9.30. The summed E-state index contributed by atoms with van der Waals surface area (Å²) in [7, 11) is 0. The Balaban J connectivity index is 2.29. The third-order valence-electron chi connectivity index (χ3n) is 2.76. The smallest absolute Gasteiger partial charge is 0.0561 e. The van der Waals surface area contributed by atoms with E-state index in [1.165, 1.54) is 5.56 Å². The molecule has 1 aliphatic heterocycles. The van der Waals surface area contributed by atoms with E-state index in [1.807, 2.05) is 0 Å². The predicted octanol–water partition coefficient (Wildman–Crippen LogP) is 3.13. The van der Waals surface area contributed by atoms with Crippen LogP contribution in [0, 0.1) is 0 Å². The first-order valence-corrected chi connectivity index (χ1v) is 5.34. The summed E-state index contributed by atoms with van der Waals surface area (Å²) in [4.78, 5) is 0. The van der Waals surface area contributed by atoms with Gasteiger partial charge in [-0.25, -0.2) is 0 Å². The zero-order valence-electron chi connectivity index (χ0n) is 7.72. The van der Waals surface area contributed by atoms with E-state index in [1.54, 1.807) is 0 Å². The van der Waals surface area contributed by atoms with Crippen LogP contribution >= 0.6 is 15.9 Å². The highest BCUT2D eigenvalue weighted by Gasteiger charge is 2.31. The van der Waals surface area contributed by atoms with Crippen LogP contribution in [0.4, 0.5) is 0 Å². The van der Waals surface area contributed by atoms with Gasteiger partial charge in [0, 0.05) is 16.5 Å². The van der Waals surface area contributed by atoms with Crippen LogP contribution in [0.25, 0.3) is 0 Å². The Labute approximate surface area is 87.2 Å². The van der Waals surface area contributed by atoms with Crippen LogP contribution in [0.15, 0.2) is 28.7 Å². The molecule has 0 amide bonds. The van der Waals surface area contributed by atoms with Gasteiger partial charge < -0.3 is 4.74 Å². The molecule has 70 valence electrons. The highest BCUT2D eigenvalue weighted by Crippen LogP contribution is 2.32. The Kier molecular flexibility index (Phi) is 2.43. The molecule has 1 unspecified atom stereocenters. The minimum Gasteiger partial charge on any atom is -0.381 e. The minimum atomic E-state index is 0.237. The SMILES string of the molecule is CC1(c2ccc(Br)cc2)CCOC1. The van der Waals surface area contributed by atoms with Gasteiger partial charge >= 0.3 is 0 Å². The molecule has 1 atom stereocenters. The molecule has 0 saturated carbocycles. The van der Waals surface area contributed by atoms with Gasteiger partial charge in [0.05, 0.1) is 6.61 Å². The molecule has 1 fully saturated rings. The largest absolute Gasteiger partial charge is 0.381 e. The van der Waals surface area contributed by atoms with E-state index in [9.17, 15) is 0 Å². The molecule has 1 saturated heterocycles. The van der Waals surface area contributed by atoms with E-state index >= 15 is 0 Å². The summed E-state index contributed by atoms with van der Waals surface area (Å²) in [5.41, 5.74) is 1.62. The van der Waals surface area contributed by atoms with Crippen molar-refractivity contribution in [2.24, 2.45) is 0 Å². The van der Waals surface area contributed by atoms with Crippen LogP contribution in [0.5, 0.6) is 0 Å². The first-order valence-electron chi connectivity index (χ1n) is 4.54. The topological polar surface area (TPSA) is 9.23 Å². The number of benzene rings is 1. The molecule has 1 aliphatic rings. The lowest BCUT2D eigenvalue weighted by Gasteiger charge is -2.22. The van der Waals surface area contributed by atoms with Crippen LogP contribution in [0.2, 0.25) is 0 Å². The van der Waals surface area contributed by atoms with Crippen LogP contribution < -0.4 is 0 Å². The summed E-state index contributed by atoms with van der Waals surface area (Å²) >= 11 is 3.44.